The number of nitrogens with zero attached hydrogens (tertiary/aromatic N) is 3. The number of carbonyl (C=O) groups excluding carboxylic acids is 1. The second-order valence-electron chi connectivity index (χ2n) is 6.26. The van der Waals surface area contributed by atoms with Gasteiger partial charge in [-0.1, -0.05) is 0 Å². The lowest BCUT2D eigenvalue weighted by Gasteiger charge is -2.16. The van der Waals surface area contributed by atoms with Crippen molar-refractivity contribution >= 4 is 21.9 Å². The second-order valence-corrected chi connectivity index (χ2v) is 8.38. The summed E-state index contributed by atoms with van der Waals surface area (Å²) in [4.78, 5) is 20.9. The van der Waals surface area contributed by atoms with Crippen LogP contribution in [0.5, 0.6) is 0 Å². The van der Waals surface area contributed by atoms with Gasteiger partial charge in [0.25, 0.3) is 5.91 Å². The van der Waals surface area contributed by atoms with Gasteiger partial charge in [0.1, 0.15) is 0 Å². The van der Waals surface area contributed by atoms with Crippen molar-refractivity contribution in [2.45, 2.75) is 32.6 Å². The molecule has 8 nitrogen and oxygen atoms in total. The van der Waals surface area contributed by atoms with Crippen molar-refractivity contribution in [3.05, 3.63) is 46.3 Å². The number of sulfonamides is 1. The number of rotatable bonds is 5. The van der Waals surface area contributed by atoms with E-state index in [1.54, 1.807) is 19.9 Å². The molecule has 0 saturated carbocycles. The molecule has 0 saturated heterocycles. The molecule has 0 atom stereocenters. The molecule has 0 aliphatic carbocycles. The molecule has 1 aromatic heterocycles. The fourth-order valence-corrected chi connectivity index (χ4v) is 3.61. The van der Waals surface area contributed by atoms with Gasteiger partial charge in [0.05, 0.1) is 4.90 Å². The first kappa shape index (κ1) is 19.8. The number of hydrogen-bond acceptors (Lipinski definition) is 6. The Kier molecular flexibility index (Phi) is 5.62. The zero-order valence-electron chi connectivity index (χ0n) is 15.7. The fraction of sp³-hybridized carbons (Fsp3) is 0.353. The summed E-state index contributed by atoms with van der Waals surface area (Å²) < 4.78 is 26.1. The molecule has 0 fully saturated rings. The van der Waals surface area contributed by atoms with Gasteiger partial charge in [-0.25, -0.2) is 22.7 Å². The molecule has 2 aromatic rings. The van der Waals surface area contributed by atoms with Crippen molar-refractivity contribution in [3.63, 3.8) is 0 Å². The van der Waals surface area contributed by atoms with Gasteiger partial charge in [-0.05, 0) is 57.0 Å². The average molecular weight is 377 g/mol. The Labute approximate surface area is 153 Å². The minimum Gasteiger partial charge on any atom is -0.267 e. The van der Waals surface area contributed by atoms with E-state index in [0.29, 0.717) is 11.1 Å². The number of hydrogen-bond donors (Lipinski definition) is 2. The minimum absolute atomic E-state index is 0.107. The Hall–Kier alpha value is -2.52. The van der Waals surface area contributed by atoms with Crippen LogP contribution in [0.3, 0.4) is 0 Å². The Morgan fingerprint density at radius 1 is 1.00 bits per heavy atom. The van der Waals surface area contributed by atoms with Crippen LogP contribution in [0.15, 0.2) is 23.1 Å². The first-order valence-corrected chi connectivity index (χ1v) is 9.39. The van der Waals surface area contributed by atoms with E-state index in [1.165, 1.54) is 20.2 Å². The van der Waals surface area contributed by atoms with Crippen LogP contribution in [0.2, 0.25) is 0 Å². The number of aromatic nitrogens is 2. The Bertz CT molecular complexity index is 935. The third-order valence-electron chi connectivity index (χ3n) is 3.91. The summed E-state index contributed by atoms with van der Waals surface area (Å²) in [6, 6.07) is 4.83. The smallest absolute Gasteiger partial charge is 0.267 e. The minimum atomic E-state index is -3.66. The molecule has 2 rings (SSSR count). The summed E-state index contributed by atoms with van der Waals surface area (Å²) in [5.74, 6) is -0.216. The zero-order chi connectivity index (χ0) is 19.6. The quantitative estimate of drug-likeness (QED) is 0.769. The van der Waals surface area contributed by atoms with Crippen LogP contribution in [0.1, 0.15) is 32.9 Å². The molecule has 0 bridgehead atoms. The molecular weight excluding hydrogens is 354 g/mol. The molecule has 140 valence electrons. The van der Waals surface area contributed by atoms with E-state index in [9.17, 15) is 13.2 Å². The Balaban J connectivity index is 2.30. The standard InChI is InChI=1S/C17H23N5O3S/c1-10-7-14(9-15(13(10)4)26(24,25)22(5)6)16(23)20-21-17-18-11(2)8-12(3)19-17/h7-9H,1-6H3,(H,20,23)(H,18,19,21). The number of nitrogens with one attached hydrogen (secondary N) is 2. The Morgan fingerprint density at radius 3 is 2.12 bits per heavy atom. The number of benzene rings is 1. The lowest BCUT2D eigenvalue weighted by Crippen LogP contribution is -2.31. The molecule has 0 spiro atoms. The highest BCUT2D eigenvalue weighted by Crippen LogP contribution is 2.23. The first-order chi connectivity index (χ1) is 12.0. The molecule has 1 aromatic carbocycles. The van der Waals surface area contributed by atoms with Crippen LogP contribution in [0.25, 0.3) is 0 Å². The van der Waals surface area contributed by atoms with Crippen molar-refractivity contribution in [3.8, 4) is 0 Å². The van der Waals surface area contributed by atoms with Crippen LogP contribution in [-0.2, 0) is 10.0 Å². The van der Waals surface area contributed by atoms with Crippen molar-refractivity contribution in [1.82, 2.24) is 19.7 Å². The second kappa shape index (κ2) is 7.38. The van der Waals surface area contributed by atoms with Gasteiger partial charge in [0, 0.05) is 31.0 Å². The summed E-state index contributed by atoms with van der Waals surface area (Å²) in [6.07, 6.45) is 0. The molecular formula is C17H23N5O3S. The molecule has 2 N–H and O–H groups in total. The zero-order valence-corrected chi connectivity index (χ0v) is 16.5. The highest BCUT2D eigenvalue weighted by atomic mass is 32.2. The van der Waals surface area contributed by atoms with E-state index in [1.807, 2.05) is 19.9 Å². The van der Waals surface area contributed by atoms with E-state index in [4.69, 9.17) is 0 Å². The van der Waals surface area contributed by atoms with Crippen LogP contribution >= 0.6 is 0 Å². The first-order valence-electron chi connectivity index (χ1n) is 7.95. The molecule has 26 heavy (non-hydrogen) atoms. The van der Waals surface area contributed by atoms with E-state index >= 15 is 0 Å². The summed E-state index contributed by atoms with van der Waals surface area (Å²) in [7, 11) is -0.748. The molecule has 9 heteroatoms. The van der Waals surface area contributed by atoms with Crippen molar-refractivity contribution in [2.75, 3.05) is 19.5 Å². The maximum absolute atomic E-state index is 12.5. The maximum atomic E-state index is 12.5. The van der Waals surface area contributed by atoms with Gasteiger partial charge in [0.2, 0.25) is 16.0 Å². The third-order valence-corrected chi connectivity index (χ3v) is 5.85. The summed E-state index contributed by atoms with van der Waals surface area (Å²) in [5, 5.41) is 0. The lowest BCUT2D eigenvalue weighted by molar-refractivity contribution is 0.0962. The average Bonchev–Trinajstić information content (AvgIpc) is 2.53. The molecule has 1 heterocycles. The fourth-order valence-electron chi connectivity index (χ4n) is 2.39. The molecule has 0 aliphatic rings. The lowest BCUT2D eigenvalue weighted by atomic mass is 10.1. The van der Waals surface area contributed by atoms with Gasteiger partial charge in [-0.2, -0.15) is 0 Å². The maximum Gasteiger partial charge on any atom is 0.269 e. The van der Waals surface area contributed by atoms with Crippen LogP contribution < -0.4 is 10.9 Å². The van der Waals surface area contributed by atoms with Gasteiger partial charge in [-0.3, -0.25) is 15.6 Å². The number of anilines is 1. The topological polar surface area (TPSA) is 104 Å². The SMILES string of the molecule is Cc1cc(C)nc(NNC(=O)c2cc(C)c(C)c(S(=O)(=O)N(C)C)c2)n1. The molecule has 1 amide bonds. The van der Waals surface area contributed by atoms with Gasteiger partial charge in [-0.15, -0.1) is 0 Å². The highest BCUT2D eigenvalue weighted by Gasteiger charge is 2.23. The molecule has 0 radical (unpaired) electrons. The number of aryl methyl sites for hydroxylation is 3. The summed E-state index contributed by atoms with van der Waals surface area (Å²) in [5.41, 5.74) is 8.24. The van der Waals surface area contributed by atoms with Crippen LogP contribution in [0.4, 0.5) is 5.95 Å². The summed E-state index contributed by atoms with van der Waals surface area (Å²) >= 11 is 0. The van der Waals surface area contributed by atoms with E-state index in [2.05, 4.69) is 20.8 Å². The predicted octanol–water partition coefficient (Wildman–Crippen LogP) is 1.72. The molecule has 0 unspecified atom stereocenters. The van der Waals surface area contributed by atoms with Crippen LogP contribution in [0, 0.1) is 27.7 Å². The molecule has 0 aliphatic heterocycles. The van der Waals surface area contributed by atoms with Crippen molar-refractivity contribution in [1.29, 1.82) is 0 Å². The van der Waals surface area contributed by atoms with Crippen molar-refractivity contribution < 1.29 is 13.2 Å². The van der Waals surface area contributed by atoms with Gasteiger partial charge < -0.3 is 0 Å². The van der Waals surface area contributed by atoms with E-state index < -0.39 is 15.9 Å². The number of carbonyl (C=O) groups is 1. The number of amides is 1. The van der Waals surface area contributed by atoms with Crippen molar-refractivity contribution in [2.24, 2.45) is 0 Å². The normalized spacial score (nSPS) is 11.5. The van der Waals surface area contributed by atoms with E-state index in [-0.39, 0.29) is 16.4 Å². The Morgan fingerprint density at radius 2 is 1.58 bits per heavy atom. The van der Waals surface area contributed by atoms with Gasteiger partial charge >= 0.3 is 0 Å². The van der Waals surface area contributed by atoms with Gasteiger partial charge in [0.15, 0.2) is 0 Å². The number of hydrazine groups is 1. The predicted molar refractivity (Wildman–Crippen MR) is 99.4 cm³/mol. The third kappa shape index (κ3) is 4.17. The summed E-state index contributed by atoms with van der Waals surface area (Å²) in [6.45, 7) is 7.13. The van der Waals surface area contributed by atoms with Crippen LogP contribution in [-0.4, -0.2) is 42.7 Å². The highest BCUT2D eigenvalue weighted by molar-refractivity contribution is 7.89. The van der Waals surface area contributed by atoms with E-state index in [0.717, 1.165) is 15.7 Å². The monoisotopic (exact) mass is 377 g/mol. The largest absolute Gasteiger partial charge is 0.269 e.